The average Bonchev–Trinajstić information content (AvgIpc) is 2.06. The van der Waals surface area contributed by atoms with Gasteiger partial charge in [-0.2, -0.15) is 0 Å². The zero-order chi connectivity index (χ0) is 8.32. The largest absolute Gasteiger partial charge is 0.120 e. The normalized spacial score (nSPS) is 38.0. The van der Waals surface area contributed by atoms with Crippen LogP contribution in [0.5, 0.6) is 0 Å². The van der Waals surface area contributed by atoms with Crippen LogP contribution in [0.25, 0.3) is 0 Å². The molecule has 1 aliphatic rings. The van der Waals surface area contributed by atoms with Gasteiger partial charge in [-0.3, -0.25) is 0 Å². The molecule has 0 nitrogen and oxygen atoms in total. The fourth-order valence-electron chi connectivity index (χ4n) is 0.650. The molecule has 1 rings (SSSR count). The van der Waals surface area contributed by atoms with Crippen molar-refractivity contribution in [2.45, 2.75) is 0 Å². The molecule has 5 heteroatoms. The lowest BCUT2D eigenvalue weighted by molar-refractivity contribution is 0.904. The third-order valence-electron chi connectivity index (χ3n) is 1.33. The molecule has 1 saturated heterocycles. The molecule has 0 aromatic heterocycles. The van der Waals surface area contributed by atoms with Crippen molar-refractivity contribution >= 4 is 49.6 Å². The topological polar surface area (TPSA) is 0 Å². The van der Waals surface area contributed by atoms with Gasteiger partial charge < -0.3 is 0 Å². The minimum absolute atomic E-state index is 0.452. The Morgan fingerprint density at radius 2 is 2.18 bits per heavy atom. The summed E-state index contributed by atoms with van der Waals surface area (Å²) in [5.41, 5.74) is 0. The number of hydrogen-bond acceptors (Lipinski definition) is 4. The predicted octanol–water partition coefficient (Wildman–Crippen LogP) is 3.30. The van der Waals surface area contributed by atoms with Crippen LogP contribution in [0.3, 0.4) is 0 Å². The molecule has 0 aromatic rings. The Kier molecular flexibility index (Phi) is 4.21. The number of hydrogen-bond donors (Lipinski definition) is 0. The van der Waals surface area contributed by atoms with E-state index in [1.165, 1.54) is 0 Å². The van der Waals surface area contributed by atoms with E-state index >= 15 is 0 Å². The van der Waals surface area contributed by atoms with Crippen LogP contribution in [0.2, 0.25) is 0 Å². The maximum absolute atomic E-state index is 5.49. The first-order valence-corrected chi connectivity index (χ1v) is 10.9. The van der Waals surface area contributed by atoms with E-state index in [4.69, 9.17) is 18.2 Å². The van der Waals surface area contributed by atoms with Crippen LogP contribution in [-0.4, -0.2) is 17.8 Å². The molecule has 0 N–H and O–H groups in total. The summed E-state index contributed by atoms with van der Waals surface area (Å²) in [5.74, 6) is 5.38. The lowest BCUT2D eigenvalue weighted by atomic mass is 10.2. The lowest BCUT2D eigenvalue weighted by Crippen LogP contribution is -2.06. The van der Waals surface area contributed by atoms with Crippen LogP contribution in [0, 0.1) is 18.3 Å². The van der Waals surface area contributed by atoms with Gasteiger partial charge in [0.1, 0.15) is 3.64 Å². The molecule has 0 aromatic carbocycles. The second kappa shape index (κ2) is 4.48. The molecule has 11 heavy (non-hydrogen) atoms. The quantitative estimate of drug-likeness (QED) is 0.509. The third kappa shape index (κ3) is 2.90. The van der Waals surface area contributed by atoms with Gasteiger partial charge in [-0.15, -0.1) is 46.5 Å². The second-order valence-corrected chi connectivity index (χ2v) is 17.9. The summed E-state index contributed by atoms with van der Waals surface area (Å²) in [7, 11) is 0. The van der Waals surface area contributed by atoms with Crippen LogP contribution in [0.1, 0.15) is 0 Å². The maximum atomic E-state index is 5.49. The van der Waals surface area contributed by atoms with E-state index in [-0.39, 0.29) is 0 Å². The Labute approximate surface area is 85.3 Å². The summed E-state index contributed by atoms with van der Waals surface area (Å²) in [6, 6.07) is 0. The van der Waals surface area contributed by atoms with Crippen molar-refractivity contribution in [3.8, 4) is 12.3 Å². The standard InChI is InChI=1S/C6H9PS4/c1-3-6-4-10-7(8,9-2)11-5-6/h1,6H,4-5H2,2H3. The predicted molar refractivity (Wildman–Crippen MR) is 65.0 cm³/mol. The van der Waals surface area contributed by atoms with Gasteiger partial charge in [0.15, 0.2) is 0 Å². The maximum Gasteiger partial charge on any atom is 0.109 e. The molecule has 62 valence electrons. The summed E-state index contributed by atoms with van der Waals surface area (Å²) in [5, 5.41) is 0. The Morgan fingerprint density at radius 1 is 1.64 bits per heavy atom. The Morgan fingerprint density at radius 3 is 2.55 bits per heavy atom. The van der Waals surface area contributed by atoms with Crippen LogP contribution >= 0.6 is 37.8 Å². The Balaban J connectivity index is 2.49. The smallest absolute Gasteiger partial charge is 0.109 e. The van der Waals surface area contributed by atoms with E-state index in [0.717, 1.165) is 11.5 Å². The molecule has 0 spiro atoms. The molecule has 0 amide bonds. The average molecular weight is 240 g/mol. The van der Waals surface area contributed by atoms with Gasteiger partial charge in [0.2, 0.25) is 0 Å². The first-order chi connectivity index (χ1) is 5.20. The Bertz CT molecular complexity index is 207. The zero-order valence-corrected chi connectivity index (χ0v) is 10.3. The third-order valence-corrected chi connectivity index (χ3v) is 17.4. The highest BCUT2D eigenvalue weighted by Crippen LogP contribution is 2.79. The fraction of sp³-hybridized carbons (Fsp3) is 0.667. The molecule has 0 unspecified atom stereocenters. The highest BCUT2D eigenvalue weighted by molar-refractivity contribution is 9.23. The van der Waals surface area contributed by atoms with Crippen molar-refractivity contribution in [1.29, 1.82) is 0 Å². The summed E-state index contributed by atoms with van der Waals surface area (Å²) in [4.78, 5) is 0. The first kappa shape index (κ1) is 10.3. The lowest BCUT2D eigenvalue weighted by Gasteiger charge is -2.26. The summed E-state index contributed by atoms with van der Waals surface area (Å²) < 4.78 is -1.16. The van der Waals surface area contributed by atoms with Crippen molar-refractivity contribution in [1.82, 2.24) is 0 Å². The van der Waals surface area contributed by atoms with Gasteiger partial charge in [-0.1, -0.05) is 11.8 Å². The molecule has 1 aliphatic heterocycles. The van der Waals surface area contributed by atoms with Crippen molar-refractivity contribution in [3.63, 3.8) is 0 Å². The van der Waals surface area contributed by atoms with Crippen LogP contribution in [-0.2, 0) is 11.8 Å². The minimum Gasteiger partial charge on any atom is -0.120 e. The van der Waals surface area contributed by atoms with Gasteiger partial charge in [0.25, 0.3) is 0 Å². The molecule has 1 heterocycles. The highest BCUT2D eigenvalue weighted by Gasteiger charge is 2.25. The van der Waals surface area contributed by atoms with Crippen molar-refractivity contribution in [2.24, 2.45) is 5.92 Å². The van der Waals surface area contributed by atoms with Gasteiger partial charge in [-0.05, 0) is 6.26 Å². The monoisotopic (exact) mass is 240 g/mol. The van der Waals surface area contributed by atoms with E-state index < -0.39 is 3.64 Å². The van der Waals surface area contributed by atoms with Gasteiger partial charge >= 0.3 is 0 Å². The van der Waals surface area contributed by atoms with Crippen molar-refractivity contribution < 1.29 is 0 Å². The molecular formula is C6H9PS4. The zero-order valence-electron chi connectivity index (χ0n) is 6.15. The van der Waals surface area contributed by atoms with E-state index in [1.807, 2.05) is 34.1 Å². The van der Waals surface area contributed by atoms with Crippen LogP contribution in [0.15, 0.2) is 0 Å². The second-order valence-electron chi connectivity index (χ2n) is 2.08. The number of rotatable bonds is 1. The highest BCUT2D eigenvalue weighted by atomic mass is 33.5. The summed E-state index contributed by atoms with van der Waals surface area (Å²) >= 11 is 11.1. The van der Waals surface area contributed by atoms with E-state index in [1.54, 1.807) is 0 Å². The summed E-state index contributed by atoms with van der Waals surface area (Å²) in [6.07, 6.45) is 7.44. The van der Waals surface area contributed by atoms with Gasteiger partial charge in [0.05, 0.1) is 0 Å². The van der Waals surface area contributed by atoms with Crippen LogP contribution in [0.4, 0.5) is 0 Å². The van der Waals surface area contributed by atoms with Crippen LogP contribution < -0.4 is 0 Å². The number of terminal acetylenes is 1. The molecule has 0 saturated carbocycles. The van der Waals surface area contributed by atoms with E-state index in [2.05, 4.69) is 12.2 Å². The van der Waals surface area contributed by atoms with E-state index in [0.29, 0.717) is 5.92 Å². The minimum atomic E-state index is -1.16. The van der Waals surface area contributed by atoms with Gasteiger partial charge in [-0.25, -0.2) is 0 Å². The molecule has 0 atom stereocenters. The fourth-order valence-corrected chi connectivity index (χ4v) is 11.1. The molecule has 0 aliphatic carbocycles. The SMILES string of the molecule is C#CC1CSP(=S)(SC)SC1. The van der Waals surface area contributed by atoms with E-state index in [9.17, 15) is 0 Å². The molecule has 1 fully saturated rings. The molecule has 0 bridgehead atoms. The van der Waals surface area contributed by atoms with Crippen molar-refractivity contribution in [3.05, 3.63) is 0 Å². The first-order valence-electron chi connectivity index (χ1n) is 3.11. The van der Waals surface area contributed by atoms with Crippen molar-refractivity contribution in [2.75, 3.05) is 17.8 Å². The Hall–Kier alpha value is 1.26. The molecule has 0 radical (unpaired) electrons. The molecular weight excluding hydrogens is 231 g/mol. The summed E-state index contributed by atoms with van der Waals surface area (Å²) in [6.45, 7) is 0. The van der Waals surface area contributed by atoms with Gasteiger partial charge in [0, 0.05) is 17.4 Å².